The van der Waals surface area contributed by atoms with E-state index in [9.17, 15) is 58.3 Å². The number of nitrogen functional groups attached to an aromatic ring is 1. The van der Waals surface area contributed by atoms with Gasteiger partial charge >= 0.3 is 29.4 Å². The van der Waals surface area contributed by atoms with Crippen molar-refractivity contribution in [2.24, 2.45) is 0 Å². The molecule has 370 valence electrons. The molecule has 5 heterocycles. The second-order valence-electron chi connectivity index (χ2n) is 15.8. The van der Waals surface area contributed by atoms with Crippen molar-refractivity contribution in [3.63, 3.8) is 0 Å². The predicted molar refractivity (Wildman–Crippen MR) is 236 cm³/mol. The number of aromatic hydroxyl groups is 2. The van der Waals surface area contributed by atoms with Crippen LogP contribution in [-0.2, 0) is 46.7 Å². The zero-order valence-corrected chi connectivity index (χ0v) is 38.5. The number of hydrogen-bond donors (Lipinski definition) is 11. The summed E-state index contributed by atoms with van der Waals surface area (Å²) in [6.07, 6.45) is -2.42. The molecule has 1 spiro atoms. The van der Waals surface area contributed by atoms with Crippen molar-refractivity contribution in [3.8, 4) is 34.8 Å². The van der Waals surface area contributed by atoms with Gasteiger partial charge in [0.05, 0.1) is 29.7 Å². The third kappa shape index (κ3) is 10.4. The standard InChI is InChI=1S/C41H41N6O20P3/c42-36-33-22(18-47(37(33)46-20-45-36)39-35(52)34(51)31(64-39)19-62-69(58,59)67-70(60,61)66-68(55,56)57)5-4-14-43-32(50)6-2-1-3-13-44-38(53)21-7-10-26-25(15-21)40(54)65-41(26)27-11-8-23(48)16-29(27)63-30-17-24(49)9-12-28(30)41/h7-12,15-18,20,31,34-35,39,48-49,51-52H,1-3,6,13-14,19H2,(H,43,50)(H,44,53)(H,58,59)(H,60,61)(H2,42,45,46)(H2,55,56,57). The fraction of sp³-hybridized carbons (Fsp3) is 0.293. The third-order valence-electron chi connectivity index (χ3n) is 11.1. The molecule has 3 aliphatic heterocycles. The Morgan fingerprint density at radius 3 is 2.23 bits per heavy atom. The van der Waals surface area contributed by atoms with Gasteiger partial charge in [0.25, 0.3) is 5.91 Å². The Morgan fingerprint density at radius 1 is 0.857 bits per heavy atom. The lowest BCUT2D eigenvalue weighted by molar-refractivity contribution is -0.121. The predicted octanol–water partition coefficient (Wildman–Crippen LogP) is 2.41. The highest BCUT2D eigenvalue weighted by atomic mass is 31.3. The Hall–Kier alpha value is -6.26. The maximum atomic E-state index is 13.4. The van der Waals surface area contributed by atoms with E-state index < -0.39 is 72.1 Å². The molecule has 6 unspecified atom stereocenters. The van der Waals surface area contributed by atoms with Crippen molar-refractivity contribution in [1.29, 1.82) is 0 Å². The lowest BCUT2D eigenvalue weighted by Gasteiger charge is -2.36. The van der Waals surface area contributed by atoms with Gasteiger partial charge < -0.3 is 75.1 Å². The van der Waals surface area contributed by atoms with E-state index in [-0.39, 0.29) is 82.0 Å². The van der Waals surface area contributed by atoms with E-state index in [1.807, 2.05) is 0 Å². The first-order valence-corrected chi connectivity index (χ1v) is 25.3. The van der Waals surface area contributed by atoms with Gasteiger partial charge in [-0.2, -0.15) is 8.62 Å². The van der Waals surface area contributed by atoms with Crippen LogP contribution in [0.3, 0.4) is 0 Å². The van der Waals surface area contributed by atoms with Crippen LogP contribution in [0.15, 0.2) is 67.1 Å². The molecule has 0 saturated carbocycles. The second-order valence-corrected chi connectivity index (χ2v) is 20.2. The Labute approximate surface area is 394 Å². The van der Waals surface area contributed by atoms with Crippen molar-refractivity contribution >= 4 is 58.1 Å². The van der Waals surface area contributed by atoms with E-state index in [4.69, 9.17) is 29.7 Å². The summed E-state index contributed by atoms with van der Waals surface area (Å²) in [5.41, 5.74) is 6.64. The molecule has 1 saturated heterocycles. The van der Waals surface area contributed by atoms with Crippen molar-refractivity contribution in [2.45, 2.75) is 55.8 Å². The molecule has 6 atom stereocenters. The normalized spacial score (nSPS) is 20.5. The number of carbonyl (C=O) groups is 3. The Balaban J connectivity index is 0.812. The Bertz CT molecular complexity index is 3080. The molecule has 12 N–H and O–H groups in total. The zero-order valence-electron chi connectivity index (χ0n) is 35.8. The number of phenolic OH excluding ortho intramolecular Hbond substituents is 2. The molecule has 3 aliphatic rings. The number of hydrogen-bond acceptors (Lipinski definition) is 19. The van der Waals surface area contributed by atoms with Gasteiger partial charge in [0.2, 0.25) is 5.91 Å². The number of phosphoric acid groups is 3. The van der Waals surface area contributed by atoms with Gasteiger partial charge in [-0.15, -0.1) is 0 Å². The molecule has 26 nitrogen and oxygen atoms in total. The number of nitrogens with one attached hydrogen (secondary N) is 2. The van der Waals surface area contributed by atoms with Crippen LogP contribution >= 0.6 is 23.5 Å². The smallest absolute Gasteiger partial charge is 0.490 e. The minimum atomic E-state index is -5.82. The highest BCUT2D eigenvalue weighted by Gasteiger charge is 2.54. The van der Waals surface area contributed by atoms with E-state index in [1.54, 1.807) is 24.3 Å². The second kappa shape index (κ2) is 19.5. The number of nitrogens with zero attached hydrogens (tertiary/aromatic N) is 3. The number of aromatic nitrogens is 3. The van der Waals surface area contributed by atoms with Crippen LogP contribution in [0.25, 0.3) is 11.0 Å². The number of carbonyl (C=O) groups excluding carboxylic acids is 3. The minimum absolute atomic E-state index is 0.0322. The fourth-order valence-corrected chi connectivity index (χ4v) is 11.1. The van der Waals surface area contributed by atoms with E-state index in [1.165, 1.54) is 41.1 Å². The van der Waals surface area contributed by atoms with Gasteiger partial charge in [-0.3, -0.25) is 14.1 Å². The molecule has 1 fully saturated rings. The number of unbranched alkanes of at least 4 members (excludes halogenated alkanes) is 2. The summed E-state index contributed by atoms with van der Waals surface area (Å²) < 4.78 is 65.6. The SMILES string of the molecule is Nc1ncnc2c1c(C#CCNC(=O)CCCCCNC(=O)c1ccc3c(c1)C(=O)OC31c3ccc(O)cc3Oc3cc(O)ccc31)cn2C1OC(COP(=O)(O)OP(=O)(O)OP(=O)(O)O)C(O)C1O. The summed E-state index contributed by atoms with van der Waals surface area (Å²) in [4.78, 5) is 83.9. The molecule has 3 aromatic carbocycles. The van der Waals surface area contributed by atoms with Gasteiger partial charge in [-0.05, 0) is 49.2 Å². The van der Waals surface area contributed by atoms with E-state index >= 15 is 0 Å². The number of phosphoric ester groups is 1. The van der Waals surface area contributed by atoms with Crippen LogP contribution in [-0.4, -0.2) is 110 Å². The van der Waals surface area contributed by atoms with Gasteiger partial charge in [0.15, 0.2) is 11.8 Å². The Morgan fingerprint density at radius 2 is 1.54 bits per heavy atom. The topological polar surface area (TPSA) is 400 Å². The number of nitrogens with two attached hydrogens (primary N) is 1. The van der Waals surface area contributed by atoms with Gasteiger partial charge in [-0.1, -0.05) is 24.3 Å². The van der Waals surface area contributed by atoms with Gasteiger partial charge in [0.1, 0.15) is 59.1 Å². The van der Waals surface area contributed by atoms with Gasteiger partial charge in [-0.25, -0.2) is 28.5 Å². The average molecular weight is 1030 g/mol. The highest BCUT2D eigenvalue weighted by molar-refractivity contribution is 7.66. The minimum Gasteiger partial charge on any atom is -0.508 e. The first-order valence-electron chi connectivity index (χ1n) is 20.7. The van der Waals surface area contributed by atoms with Crippen LogP contribution < -0.4 is 21.1 Å². The van der Waals surface area contributed by atoms with Crippen molar-refractivity contribution in [2.75, 3.05) is 25.4 Å². The highest BCUT2D eigenvalue weighted by Crippen LogP contribution is 2.66. The number of esters is 1. The first-order chi connectivity index (χ1) is 33.1. The maximum absolute atomic E-state index is 13.4. The maximum Gasteiger partial charge on any atom is 0.490 e. The molecular weight excluding hydrogens is 989 g/mol. The summed E-state index contributed by atoms with van der Waals surface area (Å²) in [6.45, 7) is -0.884. The summed E-state index contributed by atoms with van der Waals surface area (Å²) in [6, 6.07) is 13.4. The summed E-state index contributed by atoms with van der Waals surface area (Å²) in [5, 5.41) is 47.5. The van der Waals surface area contributed by atoms with E-state index in [0.717, 1.165) is 6.33 Å². The molecule has 8 rings (SSSR count). The molecule has 2 aromatic heterocycles. The summed E-state index contributed by atoms with van der Waals surface area (Å²) >= 11 is 0. The number of rotatable bonds is 16. The molecule has 0 aliphatic carbocycles. The van der Waals surface area contributed by atoms with Crippen molar-refractivity contribution in [3.05, 3.63) is 101 Å². The van der Waals surface area contributed by atoms with E-state index in [0.29, 0.717) is 36.0 Å². The van der Waals surface area contributed by atoms with Crippen LogP contribution in [0, 0.1) is 11.8 Å². The Kier molecular flexibility index (Phi) is 14.0. The fourth-order valence-electron chi connectivity index (χ4n) is 8.07. The molecule has 5 aromatic rings. The molecular formula is C41H41N6O20P3. The largest absolute Gasteiger partial charge is 0.508 e. The monoisotopic (exact) mass is 1030 g/mol. The molecule has 70 heavy (non-hydrogen) atoms. The lowest BCUT2D eigenvalue weighted by atomic mass is 9.77. The summed E-state index contributed by atoms with van der Waals surface area (Å²) in [7, 11) is -17.0. The van der Waals surface area contributed by atoms with E-state index in [2.05, 4.69) is 45.6 Å². The molecule has 29 heteroatoms. The number of phenols is 2. The van der Waals surface area contributed by atoms with Crippen LogP contribution in [0.4, 0.5) is 5.82 Å². The number of ether oxygens (including phenoxy) is 3. The number of benzene rings is 3. The molecule has 2 amide bonds. The number of anilines is 1. The molecule has 0 bridgehead atoms. The van der Waals surface area contributed by atoms with Crippen LogP contribution in [0.5, 0.6) is 23.0 Å². The quantitative estimate of drug-likeness (QED) is 0.0292. The zero-order chi connectivity index (χ0) is 50.3. The lowest BCUT2D eigenvalue weighted by Crippen LogP contribution is -2.33. The third-order valence-corrected chi connectivity index (χ3v) is 14.9. The number of aliphatic hydroxyl groups is 2. The first kappa shape index (κ1) is 50.1. The van der Waals surface area contributed by atoms with Crippen LogP contribution in [0.1, 0.15) is 74.9 Å². The number of fused-ring (bicyclic) bond motifs is 7. The van der Waals surface area contributed by atoms with Crippen LogP contribution in [0.2, 0.25) is 0 Å². The van der Waals surface area contributed by atoms with Crippen molar-refractivity contribution in [1.82, 2.24) is 25.2 Å². The number of amides is 2. The van der Waals surface area contributed by atoms with Crippen molar-refractivity contribution < 1.29 is 95.4 Å². The van der Waals surface area contributed by atoms with Gasteiger partial charge in [0, 0.05) is 53.5 Å². The molecule has 0 radical (unpaired) electrons. The summed E-state index contributed by atoms with van der Waals surface area (Å²) in [5.74, 6) is 4.44. The average Bonchev–Trinajstić information content (AvgIpc) is 3.89. The number of aliphatic hydroxyl groups excluding tert-OH is 2.